The van der Waals surface area contributed by atoms with Gasteiger partial charge in [-0.25, -0.2) is 9.50 Å². The van der Waals surface area contributed by atoms with Crippen molar-refractivity contribution in [2.24, 2.45) is 0 Å². The summed E-state index contributed by atoms with van der Waals surface area (Å²) in [4.78, 5) is 23.4. The number of carbonyl (C=O) groups is 1. The summed E-state index contributed by atoms with van der Waals surface area (Å²) < 4.78 is 1.74. The minimum atomic E-state index is 0.151. The van der Waals surface area contributed by atoms with E-state index in [0.717, 1.165) is 42.9 Å². The number of carbonyl (C=O) groups excluding carboxylic acids is 1. The average molecular weight is 335 g/mol. The highest BCUT2D eigenvalue weighted by molar-refractivity contribution is 7.98. The topological polar surface area (TPSA) is 63.4 Å². The van der Waals surface area contributed by atoms with E-state index in [1.165, 1.54) is 11.8 Å². The second-order valence-electron chi connectivity index (χ2n) is 5.58. The molecule has 0 N–H and O–H groups in total. The minimum Gasteiger partial charge on any atom is -0.343 e. The molecule has 2 aromatic heterocycles. The average Bonchev–Trinajstić information content (AvgIpc) is 2.95. The predicted octanol–water partition coefficient (Wildman–Crippen LogP) is 2.65. The summed E-state index contributed by atoms with van der Waals surface area (Å²) >= 11 is 1.49. The van der Waals surface area contributed by atoms with Gasteiger partial charge >= 0.3 is 0 Å². The first-order valence-electron chi connectivity index (χ1n) is 8.06. The monoisotopic (exact) mass is 335 g/mol. The highest BCUT2D eigenvalue weighted by Gasteiger charge is 2.18. The van der Waals surface area contributed by atoms with Gasteiger partial charge < -0.3 is 4.90 Å². The molecule has 0 bridgehead atoms. The van der Waals surface area contributed by atoms with E-state index in [9.17, 15) is 4.79 Å². The van der Waals surface area contributed by atoms with Crippen molar-refractivity contribution < 1.29 is 4.79 Å². The van der Waals surface area contributed by atoms with Crippen LogP contribution in [0.15, 0.2) is 5.16 Å². The van der Waals surface area contributed by atoms with Crippen LogP contribution in [0.25, 0.3) is 5.78 Å². The van der Waals surface area contributed by atoms with Crippen molar-refractivity contribution >= 4 is 23.4 Å². The molecule has 2 rings (SSSR count). The number of amides is 1. The summed E-state index contributed by atoms with van der Waals surface area (Å²) in [5.74, 6) is 0.748. The van der Waals surface area contributed by atoms with Gasteiger partial charge in [-0.05, 0) is 33.4 Å². The van der Waals surface area contributed by atoms with Crippen molar-refractivity contribution in [3.8, 4) is 0 Å². The van der Waals surface area contributed by atoms with E-state index in [2.05, 4.69) is 22.0 Å². The fraction of sp³-hybridized carbons (Fsp3) is 0.625. The Morgan fingerprint density at radius 2 is 2.00 bits per heavy atom. The number of thioether (sulfide) groups is 1. The molecule has 0 atom stereocenters. The Hall–Kier alpha value is -1.63. The van der Waals surface area contributed by atoms with Crippen LogP contribution in [-0.4, -0.2) is 49.7 Å². The van der Waals surface area contributed by atoms with Gasteiger partial charge in [-0.2, -0.15) is 4.98 Å². The molecule has 1 amide bonds. The Bertz CT molecular complexity index is 697. The van der Waals surface area contributed by atoms with E-state index in [1.54, 1.807) is 4.52 Å². The van der Waals surface area contributed by atoms with E-state index in [4.69, 9.17) is 0 Å². The molecule has 2 heterocycles. The van der Waals surface area contributed by atoms with Crippen LogP contribution in [-0.2, 0) is 11.2 Å². The number of rotatable bonds is 7. The van der Waals surface area contributed by atoms with Gasteiger partial charge in [-0.3, -0.25) is 4.79 Å². The van der Waals surface area contributed by atoms with Crippen LogP contribution >= 0.6 is 11.8 Å². The number of aromatic nitrogens is 4. The maximum Gasteiger partial charge on any atom is 0.253 e. The van der Waals surface area contributed by atoms with Gasteiger partial charge in [0.15, 0.2) is 0 Å². The number of nitrogens with zero attached hydrogens (tertiary/aromatic N) is 5. The van der Waals surface area contributed by atoms with Gasteiger partial charge in [0.05, 0.1) is 6.42 Å². The molecule has 0 saturated heterocycles. The largest absolute Gasteiger partial charge is 0.343 e. The number of unbranched alkanes of at least 4 members (excludes halogenated alkanes) is 1. The number of likely N-dealkylation sites (N-methyl/N-ethyl adjacent to an activating group) is 1. The molecule has 0 radical (unpaired) electrons. The van der Waals surface area contributed by atoms with Crippen molar-refractivity contribution in [1.82, 2.24) is 24.5 Å². The van der Waals surface area contributed by atoms with Crippen molar-refractivity contribution in [3.05, 3.63) is 17.0 Å². The van der Waals surface area contributed by atoms with E-state index in [1.807, 2.05) is 31.9 Å². The first kappa shape index (κ1) is 17.7. The SMILES string of the molecule is CCCCN(CC)C(=O)Cc1c(C)nc2nc(SC)nn2c1C. The van der Waals surface area contributed by atoms with Crippen LogP contribution in [0.4, 0.5) is 0 Å². The maximum absolute atomic E-state index is 12.6. The summed E-state index contributed by atoms with van der Waals surface area (Å²) in [6, 6.07) is 0. The van der Waals surface area contributed by atoms with Gasteiger partial charge in [-0.1, -0.05) is 25.1 Å². The molecule has 7 heteroatoms. The fourth-order valence-electron chi connectivity index (χ4n) is 2.60. The zero-order valence-electron chi connectivity index (χ0n) is 14.6. The third-order valence-electron chi connectivity index (χ3n) is 4.06. The zero-order valence-corrected chi connectivity index (χ0v) is 15.4. The third-order valence-corrected chi connectivity index (χ3v) is 4.59. The van der Waals surface area contributed by atoms with Crippen LogP contribution in [0.2, 0.25) is 0 Å². The minimum absolute atomic E-state index is 0.151. The summed E-state index contributed by atoms with van der Waals surface area (Å²) in [6.07, 6.45) is 4.43. The Kier molecular flexibility index (Phi) is 5.98. The van der Waals surface area contributed by atoms with Gasteiger partial charge in [0.2, 0.25) is 11.1 Å². The molecule has 0 saturated carbocycles. The number of hydrogen-bond acceptors (Lipinski definition) is 5. The second-order valence-corrected chi connectivity index (χ2v) is 6.35. The Morgan fingerprint density at radius 3 is 2.61 bits per heavy atom. The maximum atomic E-state index is 12.6. The van der Waals surface area contributed by atoms with Gasteiger partial charge in [-0.15, -0.1) is 5.10 Å². The van der Waals surface area contributed by atoms with Crippen LogP contribution in [0.5, 0.6) is 0 Å². The molecule has 6 nitrogen and oxygen atoms in total. The third kappa shape index (κ3) is 3.83. The molecule has 0 aromatic carbocycles. The standard InChI is InChI=1S/C16H25N5OS/c1-6-8-9-20(7-2)14(22)10-13-11(3)17-15-18-16(23-5)19-21(15)12(13)4/h6-10H2,1-5H3. The predicted molar refractivity (Wildman–Crippen MR) is 92.9 cm³/mol. The second kappa shape index (κ2) is 7.77. The normalized spacial score (nSPS) is 11.2. The summed E-state index contributed by atoms with van der Waals surface area (Å²) in [5, 5.41) is 5.13. The molecular weight excluding hydrogens is 310 g/mol. The lowest BCUT2D eigenvalue weighted by atomic mass is 10.1. The van der Waals surface area contributed by atoms with Gasteiger partial charge in [0.25, 0.3) is 5.78 Å². The van der Waals surface area contributed by atoms with E-state index >= 15 is 0 Å². The summed E-state index contributed by atoms with van der Waals surface area (Å²) in [5.41, 5.74) is 2.75. The van der Waals surface area contributed by atoms with Crippen LogP contribution < -0.4 is 0 Å². The Morgan fingerprint density at radius 1 is 1.26 bits per heavy atom. The lowest BCUT2D eigenvalue weighted by Crippen LogP contribution is -2.33. The molecule has 0 fully saturated rings. The summed E-state index contributed by atoms with van der Waals surface area (Å²) in [6.45, 7) is 9.64. The summed E-state index contributed by atoms with van der Waals surface area (Å²) in [7, 11) is 0. The van der Waals surface area contributed by atoms with E-state index < -0.39 is 0 Å². The molecule has 0 aliphatic rings. The van der Waals surface area contributed by atoms with Gasteiger partial charge in [0.1, 0.15) is 0 Å². The van der Waals surface area contributed by atoms with Crippen molar-refractivity contribution in [3.63, 3.8) is 0 Å². The highest BCUT2D eigenvalue weighted by atomic mass is 32.2. The van der Waals surface area contributed by atoms with Crippen LogP contribution in [0.1, 0.15) is 43.6 Å². The molecule has 0 unspecified atom stereocenters. The number of fused-ring (bicyclic) bond motifs is 1. The van der Waals surface area contributed by atoms with Gasteiger partial charge in [0, 0.05) is 30.0 Å². The van der Waals surface area contributed by atoms with E-state index in [-0.39, 0.29) is 5.91 Å². The number of hydrogen-bond donors (Lipinski definition) is 0. The molecule has 0 spiro atoms. The highest BCUT2D eigenvalue weighted by Crippen LogP contribution is 2.18. The smallest absolute Gasteiger partial charge is 0.253 e. The Labute approximate surface area is 141 Å². The molecular formula is C16H25N5OS. The van der Waals surface area contributed by atoms with Crippen molar-refractivity contribution in [2.75, 3.05) is 19.3 Å². The van der Waals surface area contributed by atoms with E-state index in [0.29, 0.717) is 17.4 Å². The lowest BCUT2D eigenvalue weighted by molar-refractivity contribution is -0.130. The lowest BCUT2D eigenvalue weighted by Gasteiger charge is -2.21. The zero-order chi connectivity index (χ0) is 17.0. The molecule has 126 valence electrons. The Balaban J connectivity index is 2.30. The first-order chi connectivity index (χ1) is 11.0. The van der Waals surface area contributed by atoms with Crippen LogP contribution in [0, 0.1) is 13.8 Å². The molecule has 0 aliphatic heterocycles. The van der Waals surface area contributed by atoms with Crippen molar-refractivity contribution in [2.45, 2.75) is 52.1 Å². The molecule has 2 aromatic rings. The fourth-order valence-corrected chi connectivity index (χ4v) is 2.94. The molecule has 23 heavy (non-hydrogen) atoms. The first-order valence-corrected chi connectivity index (χ1v) is 9.28. The van der Waals surface area contributed by atoms with Crippen molar-refractivity contribution in [1.29, 1.82) is 0 Å². The number of aryl methyl sites for hydroxylation is 2. The molecule has 0 aliphatic carbocycles. The van der Waals surface area contributed by atoms with Crippen LogP contribution in [0.3, 0.4) is 0 Å². The quantitative estimate of drug-likeness (QED) is 0.728.